The van der Waals surface area contributed by atoms with Crippen LogP contribution in [0.2, 0.25) is 0 Å². The highest BCUT2D eigenvalue weighted by atomic mass is 32.2. The van der Waals surface area contributed by atoms with Gasteiger partial charge in [0.25, 0.3) is 5.22 Å². The molecule has 2 aromatic heterocycles. The standard InChI is InChI=1S/C18H18N4O2S/c1-2-12(1)9-22-11-19-8-15(22)10-25-18-21-20-17(24-18)14-3-4-16-13(7-14)5-6-23-16/h3-4,7-8,11-12H,1-2,5-6,9-10H2. The van der Waals surface area contributed by atoms with E-state index in [1.165, 1.54) is 24.1 Å². The minimum atomic E-state index is 0.559. The van der Waals surface area contributed by atoms with E-state index in [4.69, 9.17) is 9.15 Å². The summed E-state index contributed by atoms with van der Waals surface area (Å²) in [7, 11) is 0. The lowest BCUT2D eigenvalue weighted by molar-refractivity contribution is 0.357. The van der Waals surface area contributed by atoms with Gasteiger partial charge < -0.3 is 13.7 Å². The maximum atomic E-state index is 5.83. The number of hydrogen-bond acceptors (Lipinski definition) is 6. The summed E-state index contributed by atoms with van der Waals surface area (Å²) >= 11 is 1.55. The molecular formula is C18H18N4O2S. The number of hydrogen-bond donors (Lipinski definition) is 0. The third kappa shape index (κ3) is 3.16. The molecule has 3 heterocycles. The number of benzene rings is 1. The molecule has 0 radical (unpaired) electrons. The van der Waals surface area contributed by atoms with E-state index in [0.717, 1.165) is 42.6 Å². The molecule has 0 unspecified atom stereocenters. The van der Waals surface area contributed by atoms with Crippen LogP contribution >= 0.6 is 11.8 Å². The molecule has 1 aliphatic heterocycles. The van der Waals surface area contributed by atoms with Crippen LogP contribution < -0.4 is 4.74 Å². The van der Waals surface area contributed by atoms with Gasteiger partial charge >= 0.3 is 0 Å². The van der Waals surface area contributed by atoms with Crippen LogP contribution in [-0.2, 0) is 18.7 Å². The molecule has 1 aromatic carbocycles. The van der Waals surface area contributed by atoms with Crippen molar-refractivity contribution in [1.82, 2.24) is 19.7 Å². The summed E-state index contributed by atoms with van der Waals surface area (Å²) in [6, 6.07) is 6.02. The Kier molecular flexibility index (Phi) is 3.73. The summed E-state index contributed by atoms with van der Waals surface area (Å²) in [6.45, 7) is 1.82. The van der Waals surface area contributed by atoms with Gasteiger partial charge in [-0.05, 0) is 42.5 Å². The van der Waals surface area contributed by atoms with Gasteiger partial charge in [-0.2, -0.15) is 0 Å². The van der Waals surface area contributed by atoms with Gasteiger partial charge in [-0.3, -0.25) is 0 Å². The van der Waals surface area contributed by atoms with Crippen LogP contribution in [0.25, 0.3) is 11.5 Å². The molecule has 25 heavy (non-hydrogen) atoms. The molecule has 0 spiro atoms. The van der Waals surface area contributed by atoms with E-state index in [2.05, 4.69) is 25.8 Å². The minimum Gasteiger partial charge on any atom is -0.493 e. The number of nitrogens with zero attached hydrogens (tertiary/aromatic N) is 4. The molecule has 1 aliphatic carbocycles. The number of aromatic nitrogens is 4. The van der Waals surface area contributed by atoms with Crippen molar-refractivity contribution in [3.05, 3.63) is 42.0 Å². The number of fused-ring (bicyclic) bond motifs is 1. The SMILES string of the molecule is c1cc2c(cc1-c1nnc(SCc3cncn3CC3CC3)o1)CCO2. The van der Waals surface area contributed by atoms with Crippen LogP contribution in [0, 0.1) is 5.92 Å². The molecule has 0 amide bonds. The fourth-order valence-corrected chi connectivity index (χ4v) is 3.80. The van der Waals surface area contributed by atoms with Crippen molar-refractivity contribution >= 4 is 11.8 Å². The molecule has 6 nitrogen and oxygen atoms in total. The Balaban J connectivity index is 1.28. The molecule has 0 atom stereocenters. The smallest absolute Gasteiger partial charge is 0.277 e. The van der Waals surface area contributed by atoms with Crippen LogP contribution in [-0.4, -0.2) is 26.4 Å². The Labute approximate surface area is 149 Å². The van der Waals surface area contributed by atoms with E-state index in [9.17, 15) is 0 Å². The molecule has 0 bridgehead atoms. The summed E-state index contributed by atoms with van der Waals surface area (Å²) in [6.07, 6.45) is 7.45. The van der Waals surface area contributed by atoms with E-state index in [1.807, 2.05) is 24.7 Å². The van der Waals surface area contributed by atoms with Gasteiger partial charge in [0.2, 0.25) is 5.89 Å². The number of thioether (sulfide) groups is 1. The molecule has 0 saturated heterocycles. The van der Waals surface area contributed by atoms with Crippen molar-refractivity contribution in [3.63, 3.8) is 0 Å². The summed E-state index contributed by atoms with van der Waals surface area (Å²) in [5.74, 6) is 3.13. The highest BCUT2D eigenvalue weighted by Gasteiger charge is 2.22. The summed E-state index contributed by atoms with van der Waals surface area (Å²) in [5.41, 5.74) is 3.35. The molecule has 5 rings (SSSR count). The molecular weight excluding hydrogens is 336 g/mol. The topological polar surface area (TPSA) is 66.0 Å². The average Bonchev–Trinajstić information content (AvgIpc) is 3.05. The second-order valence-electron chi connectivity index (χ2n) is 6.56. The van der Waals surface area contributed by atoms with Crippen LogP contribution in [0.1, 0.15) is 24.1 Å². The summed E-state index contributed by atoms with van der Waals surface area (Å²) in [4.78, 5) is 4.27. The van der Waals surface area contributed by atoms with Crippen molar-refractivity contribution in [2.45, 2.75) is 36.8 Å². The molecule has 0 N–H and O–H groups in total. The normalized spacial score (nSPS) is 16.0. The fraction of sp³-hybridized carbons (Fsp3) is 0.389. The first-order valence-electron chi connectivity index (χ1n) is 8.56. The van der Waals surface area contributed by atoms with Gasteiger partial charge in [-0.15, -0.1) is 10.2 Å². The zero-order chi connectivity index (χ0) is 16.6. The Hall–Kier alpha value is -2.28. The van der Waals surface area contributed by atoms with Crippen molar-refractivity contribution in [3.8, 4) is 17.2 Å². The second kappa shape index (κ2) is 6.22. The van der Waals surface area contributed by atoms with E-state index in [1.54, 1.807) is 11.8 Å². The first-order chi connectivity index (χ1) is 12.3. The largest absolute Gasteiger partial charge is 0.493 e. The molecule has 128 valence electrons. The Morgan fingerprint density at radius 2 is 2.20 bits per heavy atom. The fourth-order valence-electron chi connectivity index (χ4n) is 3.05. The lowest BCUT2D eigenvalue weighted by Gasteiger charge is -2.05. The Bertz CT molecular complexity index is 900. The first kappa shape index (κ1) is 15.0. The summed E-state index contributed by atoms with van der Waals surface area (Å²) < 4.78 is 13.6. The Morgan fingerprint density at radius 1 is 1.24 bits per heavy atom. The summed E-state index contributed by atoms with van der Waals surface area (Å²) in [5, 5.41) is 8.95. The lowest BCUT2D eigenvalue weighted by atomic mass is 10.1. The Morgan fingerprint density at radius 3 is 3.12 bits per heavy atom. The van der Waals surface area contributed by atoms with E-state index < -0.39 is 0 Å². The predicted molar refractivity (Wildman–Crippen MR) is 93.4 cm³/mol. The molecule has 2 aliphatic rings. The average molecular weight is 354 g/mol. The molecule has 3 aromatic rings. The van der Waals surface area contributed by atoms with Crippen molar-refractivity contribution in [2.75, 3.05) is 6.61 Å². The lowest BCUT2D eigenvalue weighted by Crippen LogP contribution is -2.02. The van der Waals surface area contributed by atoms with Gasteiger partial charge in [0.1, 0.15) is 5.75 Å². The number of imidazole rings is 1. The minimum absolute atomic E-state index is 0.559. The molecule has 1 fully saturated rings. The third-order valence-corrected chi connectivity index (χ3v) is 5.49. The highest BCUT2D eigenvalue weighted by molar-refractivity contribution is 7.98. The maximum absolute atomic E-state index is 5.83. The van der Waals surface area contributed by atoms with Crippen LogP contribution in [0.15, 0.2) is 40.4 Å². The monoisotopic (exact) mass is 354 g/mol. The number of rotatable bonds is 6. The van der Waals surface area contributed by atoms with Gasteiger partial charge in [-0.1, -0.05) is 11.8 Å². The van der Waals surface area contributed by atoms with E-state index in [-0.39, 0.29) is 0 Å². The third-order valence-electron chi connectivity index (χ3n) is 4.64. The zero-order valence-corrected chi connectivity index (χ0v) is 14.5. The van der Waals surface area contributed by atoms with Crippen LogP contribution in [0.5, 0.6) is 5.75 Å². The first-order valence-corrected chi connectivity index (χ1v) is 9.55. The van der Waals surface area contributed by atoms with Gasteiger partial charge in [0.15, 0.2) is 0 Å². The van der Waals surface area contributed by atoms with Crippen molar-refractivity contribution in [1.29, 1.82) is 0 Å². The quantitative estimate of drug-likeness (QED) is 0.631. The second-order valence-corrected chi connectivity index (χ2v) is 7.49. The van der Waals surface area contributed by atoms with Crippen LogP contribution in [0.3, 0.4) is 0 Å². The molecule has 7 heteroatoms. The van der Waals surface area contributed by atoms with Gasteiger partial charge in [0.05, 0.1) is 12.9 Å². The van der Waals surface area contributed by atoms with Crippen molar-refractivity contribution < 1.29 is 9.15 Å². The highest BCUT2D eigenvalue weighted by Crippen LogP contribution is 2.33. The predicted octanol–water partition coefficient (Wildman–Crippen LogP) is 3.57. The van der Waals surface area contributed by atoms with Gasteiger partial charge in [0, 0.05) is 36.2 Å². The van der Waals surface area contributed by atoms with Crippen LogP contribution in [0.4, 0.5) is 0 Å². The van der Waals surface area contributed by atoms with Gasteiger partial charge in [-0.25, -0.2) is 4.98 Å². The number of ether oxygens (including phenoxy) is 1. The maximum Gasteiger partial charge on any atom is 0.277 e. The van der Waals surface area contributed by atoms with E-state index in [0.29, 0.717) is 11.1 Å². The van der Waals surface area contributed by atoms with E-state index >= 15 is 0 Å². The van der Waals surface area contributed by atoms with Crippen molar-refractivity contribution in [2.24, 2.45) is 5.92 Å². The zero-order valence-electron chi connectivity index (χ0n) is 13.7. The molecule has 1 saturated carbocycles.